The molecule has 0 aromatic heterocycles. The summed E-state index contributed by atoms with van der Waals surface area (Å²) in [5.74, 6) is -2.04. The fraction of sp³-hybridized carbons (Fsp3) is 0.800. The van der Waals surface area contributed by atoms with Crippen molar-refractivity contribution < 1.29 is 31.3 Å². The summed E-state index contributed by atoms with van der Waals surface area (Å²) in [7, 11) is -2.88. The van der Waals surface area contributed by atoms with Gasteiger partial charge in [0.25, 0.3) is 0 Å². The second-order valence-corrected chi connectivity index (χ2v) is 7.48. The Labute approximate surface area is 125 Å². The standard InChI is InChI=1S/C10H16F2N2O5S2/c1-13-8(15)6-3-5(7(20-6)9(16)14-2)4-10(11,12)21(17,18)19/h5-7H,3-4H2,1-2H3,(H,13,15)(H,14,16)(H,17,18,19). The van der Waals surface area contributed by atoms with Gasteiger partial charge in [0, 0.05) is 20.5 Å². The van der Waals surface area contributed by atoms with Crippen LogP contribution in [-0.4, -0.2) is 54.6 Å². The smallest absolute Gasteiger partial charge is 0.358 e. The molecule has 3 N–H and O–H groups in total. The molecule has 1 aliphatic rings. The Morgan fingerprint density at radius 2 is 1.81 bits per heavy atom. The monoisotopic (exact) mass is 346 g/mol. The molecule has 11 heteroatoms. The Morgan fingerprint density at radius 1 is 1.29 bits per heavy atom. The van der Waals surface area contributed by atoms with Crippen LogP contribution in [0.4, 0.5) is 8.78 Å². The highest BCUT2D eigenvalue weighted by Crippen LogP contribution is 2.44. The maximum absolute atomic E-state index is 13.5. The predicted molar refractivity (Wildman–Crippen MR) is 72.5 cm³/mol. The maximum Gasteiger partial charge on any atom is 0.370 e. The van der Waals surface area contributed by atoms with Crippen molar-refractivity contribution in [3.63, 3.8) is 0 Å². The van der Waals surface area contributed by atoms with Gasteiger partial charge in [0.05, 0.1) is 10.5 Å². The summed E-state index contributed by atoms with van der Waals surface area (Å²) in [6.45, 7) is 0. The number of nitrogens with one attached hydrogen (secondary N) is 2. The van der Waals surface area contributed by atoms with E-state index >= 15 is 0 Å². The summed E-state index contributed by atoms with van der Waals surface area (Å²) < 4.78 is 56.8. The van der Waals surface area contributed by atoms with Crippen molar-refractivity contribution in [2.45, 2.75) is 28.6 Å². The molecule has 1 heterocycles. The molecule has 122 valence electrons. The van der Waals surface area contributed by atoms with Crippen LogP contribution < -0.4 is 10.6 Å². The maximum atomic E-state index is 13.5. The van der Waals surface area contributed by atoms with Crippen LogP contribution in [0.5, 0.6) is 0 Å². The van der Waals surface area contributed by atoms with Gasteiger partial charge in [0.2, 0.25) is 11.8 Å². The number of hydrogen-bond donors (Lipinski definition) is 3. The third-order valence-corrected chi connectivity index (χ3v) is 5.73. The SMILES string of the molecule is CNC(=O)C1CC(CC(F)(F)S(=O)(=O)O)C(C(=O)NC)S1. The lowest BCUT2D eigenvalue weighted by atomic mass is 9.95. The molecule has 0 aromatic carbocycles. The summed E-state index contributed by atoms with van der Waals surface area (Å²) in [5, 5.41) is -1.42. The number of carbonyl (C=O) groups is 2. The van der Waals surface area contributed by atoms with Gasteiger partial charge in [0.1, 0.15) is 0 Å². The Kier molecular flexibility index (Phi) is 5.56. The Balaban J connectivity index is 2.96. The van der Waals surface area contributed by atoms with E-state index in [9.17, 15) is 26.8 Å². The number of thioether (sulfide) groups is 1. The molecular weight excluding hydrogens is 330 g/mol. The molecule has 1 rings (SSSR count). The number of carbonyl (C=O) groups excluding carboxylic acids is 2. The van der Waals surface area contributed by atoms with Crippen molar-refractivity contribution in [1.29, 1.82) is 0 Å². The Morgan fingerprint density at radius 3 is 2.24 bits per heavy atom. The molecule has 7 nitrogen and oxygen atoms in total. The van der Waals surface area contributed by atoms with Crippen LogP contribution >= 0.6 is 11.8 Å². The molecule has 0 bridgehead atoms. The molecule has 0 aliphatic carbocycles. The molecule has 2 amide bonds. The summed E-state index contributed by atoms with van der Waals surface area (Å²) in [6, 6.07) is 0. The van der Waals surface area contributed by atoms with E-state index in [0.717, 1.165) is 11.8 Å². The summed E-state index contributed by atoms with van der Waals surface area (Å²) in [5.41, 5.74) is 0. The van der Waals surface area contributed by atoms with Crippen LogP contribution in [0.1, 0.15) is 12.8 Å². The minimum atomic E-state index is -5.56. The summed E-state index contributed by atoms with van der Waals surface area (Å²) in [6.07, 6.45) is -1.29. The quantitative estimate of drug-likeness (QED) is 0.596. The van der Waals surface area contributed by atoms with Gasteiger partial charge in [-0.1, -0.05) is 0 Å². The normalized spacial score (nSPS) is 26.4. The fourth-order valence-corrected chi connectivity index (χ4v) is 4.14. The lowest BCUT2D eigenvalue weighted by Gasteiger charge is -2.21. The zero-order chi connectivity index (χ0) is 16.4. The average Bonchev–Trinajstić information content (AvgIpc) is 2.78. The van der Waals surface area contributed by atoms with Gasteiger partial charge in [-0.25, -0.2) is 0 Å². The van der Waals surface area contributed by atoms with Gasteiger partial charge in [-0.05, 0) is 12.3 Å². The second-order valence-electron chi connectivity index (χ2n) is 4.59. The topological polar surface area (TPSA) is 113 Å². The first kappa shape index (κ1) is 18.1. The number of alkyl halides is 2. The highest BCUT2D eigenvalue weighted by atomic mass is 32.2. The molecule has 0 spiro atoms. The van der Waals surface area contributed by atoms with E-state index in [4.69, 9.17) is 4.55 Å². The molecular formula is C10H16F2N2O5S2. The van der Waals surface area contributed by atoms with Gasteiger partial charge in [-0.15, -0.1) is 11.8 Å². The Bertz CT molecular complexity index is 526. The van der Waals surface area contributed by atoms with Crippen molar-refractivity contribution in [1.82, 2.24) is 10.6 Å². The van der Waals surface area contributed by atoms with Gasteiger partial charge in [-0.3, -0.25) is 14.1 Å². The van der Waals surface area contributed by atoms with Crippen LogP contribution in [0.3, 0.4) is 0 Å². The van der Waals surface area contributed by atoms with E-state index < -0.39 is 50.0 Å². The summed E-state index contributed by atoms with van der Waals surface area (Å²) in [4.78, 5) is 23.3. The van der Waals surface area contributed by atoms with Crippen LogP contribution in [0.25, 0.3) is 0 Å². The first-order valence-corrected chi connectivity index (χ1v) is 8.35. The molecule has 1 aliphatic heterocycles. The van der Waals surface area contributed by atoms with Crippen molar-refractivity contribution >= 4 is 33.7 Å². The predicted octanol–water partition coefficient (Wildman–Crippen LogP) is -0.161. The lowest BCUT2D eigenvalue weighted by Crippen LogP contribution is -2.38. The van der Waals surface area contributed by atoms with Gasteiger partial charge >= 0.3 is 15.4 Å². The van der Waals surface area contributed by atoms with E-state index in [2.05, 4.69) is 10.6 Å². The number of rotatable bonds is 5. The molecule has 0 saturated carbocycles. The van der Waals surface area contributed by atoms with E-state index in [1.807, 2.05) is 0 Å². The Hall–Kier alpha value is -0.940. The molecule has 21 heavy (non-hydrogen) atoms. The van der Waals surface area contributed by atoms with Crippen molar-refractivity contribution in [3.8, 4) is 0 Å². The third-order valence-electron chi connectivity index (χ3n) is 3.18. The van der Waals surface area contributed by atoms with Gasteiger partial charge in [0.15, 0.2) is 0 Å². The molecule has 0 radical (unpaired) electrons. The van der Waals surface area contributed by atoms with Crippen LogP contribution in [-0.2, 0) is 19.7 Å². The van der Waals surface area contributed by atoms with Crippen LogP contribution in [0.2, 0.25) is 0 Å². The first-order valence-electron chi connectivity index (χ1n) is 5.97. The van der Waals surface area contributed by atoms with E-state index in [-0.39, 0.29) is 6.42 Å². The zero-order valence-corrected chi connectivity index (χ0v) is 12.9. The number of halogens is 2. The van der Waals surface area contributed by atoms with Crippen molar-refractivity contribution in [2.75, 3.05) is 14.1 Å². The van der Waals surface area contributed by atoms with E-state index in [1.165, 1.54) is 14.1 Å². The van der Waals surface area contributed by atoms with Crippen molar-refractivity contribution in [3.05, 3.63) is 0 Å². The lowest BCUT2D eigenvalue weighted by molar-refractivity contribution is -0.122. The average molecular weight is 346 g/mol. The van der Waals surface area contributed by atoms with Gasteiger partial charge < -0.3 is 10.6 Å². The van der Waals surface area contributed by atoms with E-state index in [0.29, 0.717) is 0 Å². The van der Waals surface area contributed by atoms with Crippen LogP contribution in [0.15, 0.2) is 0 Å². The molecule has 3 atom stereocenters. The molecule has 1 fully saturated rings. The zero-order valence-electron chi connectivity index (χ0n) is 11.3. The van der Waals surface area contributed by atoms with E-state index in [1.54, 1.807) is 0 Å². The van der Waals surface area contributed by atoms with Gasteiger partial charge in [-0.2, -0.15) is 17.2 Å². The first-order chi connectivity index (χ1) is 9.53. The van der Waals surface area contributed by atoms with Crippen molar-refractivity contribution in [2.24, 2.45) is 5.92 Å². The third kappa shape index (κ3) is 4.04. The second kappa shape index (κ2) is 6.44. The fourth-order valence-electron chi connectivity index (χ4n) is 2.09. The molecule has 1 saturated heterocycles. The number of hydrogen-bond acceptors (Lipinski definition) is 5. The highest BCUT2D eigenvalue weighted by molar-refractivity contribution is 8.02. The largest absolute Gasteiger partial charge is 0.370 e. The minimum absolute atomic E-state index is 0.0759. The van der Waals surface area contributed by atoms with Crippen LogP contribution in [0, 0.1) is 5.92 Å². The molecule has 3 unspecified atom stereocenters. The minimum Gasteiger partial charge on any atom is -0.358 e. The highest BCUT2D eigenvalue weighted by Gasteiger charge is 2.51. The molecule has 0 aromatic rings. The number of amides is 2. The summed E-state index contributed by atoms with van der Waals surface area (Å²) >= 11 is 0.902.